The summed E-state index contributed by atoms with van der Waals surface area (Å²) in [6.45, 7) is 26.2. The fourth-order valence-corrected chi connectivity index (χ4v) is 5.49. The van der Waals surface area contributed by atoms with Gasteiger partial charge in [0.25, 0.3) is 0 Å². The quantitative estimate of drug-likeness (QED) is 0.377. The van der Waals surface area contributed by atoms with Crippen LogP contribution in [0.5, 0.6) is 0 Å². The molecule has 0 spiro atoms. The van der Waals surface area contributed by atoms with Gasteiger partial charge in [0.05, 0.1) is 5.41 Å². The molecule has 0 unspecified atom stereocenters. The van der Waals surface area contributed by atoms with Crippen LogP contribution in [0, 0.1) is 21.7 Å². The lowest BCUT2D eigenvalue weighted by Crippen LogP contribution is -2.48. The molecule has 1 amide bonds. The molecule has 0 bridgehead atoms. The largest absolute Gasteiger partial charge is 0.481 e. The van der Waals surface area contributed by atoms with Crippen LogP contribution in [0.3, 0.4) is 0 Å². The van der Waals surface area contributed by atoms with Crippen molar-refractivity contribution in [3.8, 4) is 0 Å². The Kier molecular flexibility index (Phi) is 8.42. The van der Waals surface area contributed by atoms with E-state index in [2.05, 4.69) is 71.2 Å². The van der Waals surface area contributed by atoms with Crippen LogP contribution in [0.15, 0.2) is 35.5 Å². The zero-order chi connectivity index (χ0) is 27.0. The van der Waals surface area contributed by atoms with Crippen molar-refractivity contribution in [3.05, 3.63) is 35.5 Å². The molecule has 194 valence electrons. The van der Waals surface area contributed by atoms with Gasteiger partial charge >= 0.3 is 12.1 Å². The minimum Gasteiger partial charge on any atom is -0.481 e. The van der Waals surface area contributed by atoms with E-state index in [9.17, 15) is 14.7 Å². The Labute approximate surface area is 208 Å². The molecule has 1 rings (SSSR count). The second-order valence-electron chi connectivity index (χ2n) is 14.1. The molecule has 0 aromatic carbocycles. The molecular weight excluding hydrogens is 426 g/mol. The summed E-state index contributed by atoms with van der Waals surface area (Å²) in [5.74, 6) is -0.781. The third-order valence-electron chi connectivity index (χ3n) is 6.50. The fourth-order valence-electron chi connectivity index (χ4n) is 5.49. The maximum atomic E-state index is 12.4. The molecule has 34 heavy (non-hydrogen) atoms. The van der Waals surface area contributed by atoms with Crippen LogP contribution in [-0.4, -0.2) is 28.3 Å². The lowest BCUT2D eigenvalue weighted by molar-refractivity contribution is -0.148. The highest BCUT2D eigenvalue weighted by Gasteiger charge is 2.40. The molecule has 0 saturated heterocycles. The molecule has 1 aliphatic rings. The average molecular weight is 476 g/mol. The standard InChI is InChI=1S/C29H49NO4/c1-24(2,3)34-23(33)30-29(12,13)19-27(8,9)21-15-14-20(16-17-25(21,4)5)26(6,7)18-28(10,11)22(31)32/h14-17H,18-19H2,1-13H3,(H,30,33)(H,31,32). The Morgan fingerprint density at radius 2 is 1.41 bits per heavy atom. The number of ether oxygens (including phenoxy) is 1. The van der Waals surface area contributed by atoms with Gasteiger partial charge < -0.3 is 15.2 Å². The van der Waals surface area contributed by atoms with Crippen molar-refractivity contribution in [2.45, 2.75) is 114 Å². The van der Waals surface area contributed by atoms with Gasteiger partial charge in [-0.25, -0.2) is 4.79 Å². The predicted octanol–water partition coefficient (Wildman–Crippen LogP) is 7.68. The number of carboxylic acid groups (broad SMARTS) is 1. The summed E-state index contributed by atoms with van der Waals surface area (Å²) < 4.78 is 5.48. The third-order valence-corrected chi connectivity index (χ3v) is 6.50. The lowest BCUT2D eigenvalue weighted by atomic mass is 9.65. The molecule has 2 N–H and O–H groups in total. The first kappa shape index (κ1) is 30.0. The van der Waals surface area contributed by atoms with Crippen molar-refractivity contribution in [1.82, 2.24) is 5.32 Å². The molecule has 0 aliphatic heterocycles. The van der Waals surface area contributed by atoms with Crippen molar-refractivity contribution in [2.75, 3.05) is 0 Å². The van der Waals surface area contributed by atoms with E-state index in [0.717, 1.165) is 12.0 Å². The van der Waals surface area contributed by atoms with E-state index in [1.54, 1.807) is 13.8 Å². The summed E-state index contributed by atoms with van der Waals surface area (Å²) in [5, 5.41) is 12.7. The zero-order valence-corrected chi connectivity index (χ0v) is 23.9. The van der Waals surface area contributed by atoms with E-state index in [1.807, 2.05) is 34.6 Å². The average Bonchev–Trinajstić information content (AvgIpc) is 2.68. The van der Waals surface area contributed by atoms with Gasteiger partial charge in [-0.1, -0.05) is 71.4 Å². The topological polar surface area (TPSA) is 75.6 Å². The maximum absolute atomic E-state index is 12.4. The number of hydrogen-bond donors (Lipinski definition) is 2. The Balaban J connectivity index is 3.26. The van der Waals surface area contributed by atoms with Gasteiger partial charge in [-0.15, -0.1) is 0 Å². The Hall–Kier alpha value is -2.04. The molecule has 0 radical (unpaired) electrons. The van der Waals surface area contributed by atoms with Gasteiger partial charge in [0.15, 0.2) is 0 Å². The van der Waals surface area contributed by atoms with Crippen LogP contribution in [-0.2, 0) is 9.53 Å². The molecule has 0 saturated carbocycles. The number of alkyl carbamates (subject to hydrolysis) is 1. The van der Waals surface area contributed by atoms with Crippen LogP contribution in [0.4, 0.5) is 4.79 Å². The molecule has 1 aliphatic carbocycles. The Bertz CT molecular complexity index is 874. The van der Waals surface area contributed by atoms with Crippen molar-refractivity contribution >= 4 is 12.1 Å². The monoisotopic (exact) mass is 475 g/mol. The van der Waals surface area contributed by atoms with E-state index in [0.29, 0.717) is 6.42 Å². The molecule has 0 atom stereocenters. The first-order valence-corrected chi connectivity index (χ1v) is 12.3. The normalized spacial score (nSPS) is 17.4. The molecule has 0 aromatic heterocycles. The highest BCUT2D eigenvalue weighted by molar-refractivity contribution is 5.73. The number of aliphatic carboxylic acids is 1. The number of rotatable bonds is 8. The van der Waals surface area contributed by atoms with E-state index in [-0.39, 0.29) is 16.2 Å². The van der Waals surface area contributed by atoms with Crippen molar-refractivity contribution < 1.29 is 19.4 Å². The van der Waals surface area contributed by atoms with Gasteiger partial charge in [0, 0.05) is 11.0 Å². The SMILES string of the molecule is CC(C)(CC(C)(C)C1=CC=C(C(C)(C)CC(C)(C)C(=O)O)C=CC1(C)C)NC(=O)OC(C)(C)C. The van der Waals surface area contributed by atoms with Gasteiger partial charge in [0.1, 0.15) is 5.60 Å². The second kappa shape index (κ2) is 9.54. The summed E-state index contributed by atoms with van der Waals surface area (Å²) in [6.07, 6.45) is 9.58. The molecule has 5 nitrogen and oxygen atoms in total. The third kappa shape index (κ3) is 8.32. The smallest absolute Gasteiger partial charge is 0.408 e. The van der Waals surface area contributed by atoms with Crippen LogP contribution in [0.25, 0.3) is 0 Å². The fraction of sp³-hybridized carbons (Fsp3) is 0.724. The minimum atomic E-state index is -0.816. The second-order valence-corrected chi connectivity index (χ2v) is 14.1. The number of amides is 1. The number of carbonyl (C=O) groups excluding carboxylic acids is 1. The summed E-state index contributed by atoms with van der Waals surface area (Å²) in [6, 6.07) is 0. The van der Waals surface area contributed by atoms with Gasteiger partial charge in [-0.3, -0.25) is 4.79 Å². The van der Waals surface area contributed by atoms with E-state index in [1.165, 1.54) is 5.57 Å². The molecule has 5 heteroatoms. The van der Waals surface area contributed by atoms with Crippen molar-refractivity contribution in [3.63, 3.8) is 0 Å². The van der Waals surface area contributed by atoms with Crippen LogP contribution < -0.4 is 5.32 Å². The molecule has 0 aromatic rings. The first-order valence-electron chi connectivity index (χ1n) is 12.3. The van der Waals surface area contributed by atoms with E-state index < -0.39 is 28.6 Å². The summed E-state index contributed by atoms with van der Waals surface area (Å²) in [7, 11) is 0. The minimum absolute atomic E-state index is 0.206. The summed E-state index contributed by atoms with van der Waals surface area (Å²) in [4.78, 5) is 24.2. The molecular formula is C29H49NO4. The van der Waals surface area contributed by atoms with Crippen LogP contribution >= 0.6 is 0 Å². The maximum Gasteiger partial charge on any atom is 0.408 e. The lowest BCUT2D eigenvalue weighted by Gasteiger charge is -2.42. The van der Waals surface area contributed by atoms with Gasteiger partial charge in [-0.2, -0.15) is 0 Å². The summed E-state index contributed by atoms with van der Waals surface area (Å²) >= 11 is 0. The first-order chi connectivity index (χ1) is 14.9. The van der Waals surface area contributed by atoms with Gasteiger partial charge in [-0.05, 0) is 77.7 Å². The van der Waals surface area contributed by atoms with E-state index >= 15 is 0 Å². The highest BCUT2D eigenvalue weighted by atomic mass is 16.6. The number of nitrogens with one attached hydrogen (secondary N) is 1. The number of allylic oxidation sites excluding steroid dienone is 6. The van der Waals surface area contributed by atoms with E-state index in [4.69, 9.17) is 4.74 Å². The number of hydrogen-bond acceptors (Lipinski definition) is 3. The number of carboxylic acids is 1. The Morgan fingerprint density at radius 1 is 0.882 bits per heavy atom. The van der Waals surface area contributed by atoms with Crippen molar-refractivity contribution in [1.29, 1.82) is 0 Å². The van der Waals surface area contributed by atoms with Crippen LogP contribution in [0.2, 0.25) is 0 Å². The van der Waals surface area contributed by atoms with Crippen molar-refractivity contribution in [2.24, 2.45) is 21.7 Å². The highest BCUT2D eigenvalue weighted by Crippen LogP contribution is 2.48. The number of carbonyl (C=O) groups is 2. The predicted molar refractivity (Wildman–Crippen MR) is 141 cm³/mol. The Morgan fingerprint density at radius 3 is 1.88 bits per heavy atom. The summed E-state index contributed by atoms with van der Waals surface area (Å²) in [5.41, 5.74) is -0.188. The molecule has 0 heterocycles. The molecule has 0 fully saturated rings. The zero-order valence-electron chi connectivity index (χ0n) is 23.9. The van der Waals surface area contributed by atoms with Crippen LogP contribution in [0.1, 0.15) is 103 Å². The van der Waals surface area contributed by atoms with Gasteiger partial charge in [0.2, 0.25) is 0 Å².